The van der Waals surface area contributed by atoms with Crippen LogP contribution in [0.15, 0.2) is 0 Å². The van der Waals surface area contributed by atoms with Crippen molar-refractivity contribution in [3.8, 4) is 0 Å². The number of carboxylic acid groups (broad SMARTS) is 1. The molecule has 0 spiro atoms. The third-order valence-corrected chi connectivity index (χ3v) is 1.82. The first-order valence-electron chi connectivity index (χ1n) is 4.63. The van der Waals surface area contributed by atoms with Crippen molar-refractivity contribution in [3.05, 3.63) is 0 Å². The summed E-state index contributed by atoms with van der Waals surface area (Å²) in [6.45, 7) is 1.34. The van der Waals surface area contributed by atoms with E-state index in [0.717, 1.165) is 0 Å². The average molecular weight is 216 g/mol. The van der Waals surface area contributed by atoms with E-state index in [1.54, 1.807) is 7.05 Å². The summed E-state index contributed by atoms with van der Waals surface area (Å²) in [6, 6.07) is -0.569. The molecule has 86 valence electrons. The smallest absolute Gasteiger partial charge is 0.303 e. The predicted octanol–water partition coefficient (Wildman–Crippen LogP) is -0.856. The zero-order valence-electron chi connectivity index (χ0n) is 8.87. The van der Waals surface area contributed by atoms with Crippen molar-refractivity contribution in [2.24, 2.45) is 0 Å². The zero-order valence-corrected chi connectivity index (χ0v) is 8.87. The lowest BCUT2D eigenvalue weighted by Gasteiger charge is -2.14. The summed E-state index contributed by atoms with van der Waals surface area (Å²) >= 11 is 0. The minimum atomic E-state index is -0.949. The number of ketones is 1. The summed E-state index contributed by atoms with van der Waals surface area (Å²) in [6.07, 6.45) is 0.120. The topological polar surface area (TPSA) is 95.5 Å². The van der Waals surface area contributed by atoms with Crippen LogP contribution in [0.4, 0.5) is 0 Å². The number of likely N-dealkylation sites (N-methyl/N-ethyl adjacent to an activating group) is 1. The lowest BCUT2D eigenvalue weighted by Crippen LogP contribution is -2.44. The molecule has 0 aliphatic carbocycles. The Kier molecular flexibility index (Phi) is 6.28. The van der Waals surface area contributed by atoms with Crippen LogP contribution in [0.5, 0.6) is 0 Å². The molecular formula is C9H16N2O4. The second kappa shape index (κ2) is 6.94. The quantitative estimate of drug-likeness (QED) is 0.515. The molecule has 0 bridgehead atoms. The SMILES string of the molecule is CN[C@@H](CCC(=O)O)C(=O)NCC(C)=O. The lowest BCUT2D eigenvalue weighted by atomic mass is 10.1. The average Bonchev–Trinajstić information content (AvgIpc) is 2.15. The molecule has 0 aliphatic heterocycles. The maximum Gasteiger partial charge on any atom is 0.303 e. The number of hydrogen-bond donors (Lipinski definition) is 3. The molecule has 0 aromatic carbocycles. The van der Waals surface area contributed by atoms with Crippen LogP contribution < -0.4 is 10.6 Å². The molecule has 1 atom stereocenters. The van der Waals surface area contributed by atoms with Gasteiger partial charge in [-0.2, -0.15) is 0 Å². The van der Waals surface area contributed by atoms with Gasteiger partial charge in [-0.1, -0.05) is 0 Å². The van der Waals surface area contributed by atoms with E-state index in [9.17, 15) is 14.4 Å². The van der Waals surface area contributed by atoms with E-state index in [4.69, 9.17) is 5.11 Å². The van der Waals surface area contributed by atoms with Gasteiger partial charge < -0.3 is 15.7 Å². The van der Waals surface area contributed by atoms with Gasteiger partial charge in [0, 0.05) is 6.42 Å². The molecular weight excluding hydrogens is 200 g/mol. The highest BCUT2D eigenvalue weighted by Crippen LogP contribution is 1.96. The Bertz CT molecular complexity index is 252. The molecule has 0 heterocycles. The summed E-state index contributed by atoms with van der Waals surface area (Å²) in [5.74, 6) is -1.44. The highest BCUT2D eigenvalue weighted by Gasteiger charge is 2.17. The van der Waals surface area contributed by atoms with E-state index >= 15 is 0 Å². The highest BCUT2D eigenvalue weighted by molar-refractivity contribution is 5.87. The van der Waals surface area contributed by atoms with Gasteiger partial charge in [0.2, 0.25) is 5.91 Å². The van der Waals surface area contributed by atoms with E-state index < -0.39 is 12.0 Å². The number of hydrogen-bond acceptors (Lipinski definition) is 4. The minimum absolute atomic E-state index is 0.0237. The van der Waals surface area contributed by atoms with Gasteiger partial charge in [-0.25, -0.2) is 0 Å². The van der Waals surface area contributed by atoms with Crippen LogP contribution in [0.1, 0.15) is 19.8 Å². The van der Waals surface area contributed by atoms with Crippen molar-refractivity contribution in [3.63, 3.8) is 0 Å². The van der Waals surface area contributed by atoms with Gasteiger partial charge in [-0.05, 0) is 20.4 Å². The van der Waals surface area contributed by atoms with Gasteiger partial charge in [-0.3, -0.25) is 14.4 Å². The van der Waals surface area contributed by atoms with Crippen LogP contribution in [-0.2, 0) is 14.4 Å². The number of nitrogens with one attached hydrogen (secondary N) is 2. The second-order valence-corrected chi connectivity index (χ2v) is 3.19. The minimum Gasteiger partial charge on any atom is -0.481 e. The third kappa shape index (κ3) is 6.62. The van der Waals surface area contributed by atoms with Crippen LogP contribution in [0.25, 0.3) is 0 Å². The fourth-order valence-electron chi connectivity index (χ4n) is 1.01. The molecule has 0 aromatic rings. The molecule has 6 nitrogen and oxygen atoms in total. The Morgan fingerprint density at radius 3 is 2.33 bits per heavy atom. The van der Waals surface area contributed by atoms with Gasteiger partial charge in [0.1, 0.15) is 5.78 Å². The standard InChI is InChI=1S/C9H16N2O4/c1-6(12)5-11-9(15)7(10-2)3-4-8(13)14/h7,10H,3-5H2,1-2H3,(H,11,15)(H,13,14)/t7-/m0/s1. The van der Waals surface area contributed by atoms with Gasteiger partial charge in [0.05, 0.1) is 12.6 Å². The Labute approximate surface area is 88.0 Å². The molecule has 0 aliphatic rings. The second-order valence-electron chi connectivity index (χ2n) is 3.19. The van der Waals surface area contributed by atoms with Crippen molar-refractivity contribution in [2.75, 3.05) is 13.6 Å². The first-order chi connectivity index (χ1) is 6.97. The molecule has 0 radical (unpaired) electrons. The molecule has 1 amide bonds. The monoisotopic (exact) mass is 216 g/mol. The Morgan fingerprint density at radius 1 is 1.33 bits per heavy atom. The number of carbonyl (C=O) groups is 3. The van der Waals surface area contributed by atoms with Crippen molar-refractivity contribution in [1.82, 2.24) is 10.6 Å². The number of carboxylic acids is 1. The molecule has 0 aromatic heterocycles. The molecule has 0 unspecified atom stereocenters. The predicted molar refractivity (Wildman–Crippen MR) is 53.4 cm³/mol. The summed E-state index contributed by atoms with van der Waals surface area (Å²) in [7, 11) is 1.57. The number of Topliss-reactive ketones (excluding diaryl/α,β-unsaturated/α-hetero) is 1. The third-order valence-electron chi connectivity index (χ3n) is 1.82. The number of rotatable bonds is 7. The maximum absolute atomic E-state index is 11.4. The van der Waals surface area contributed by atoms with E-state index in [0.29, 0.717) is 0 Å². The maximum atomic E-state index is 11.4. The Morgan fingerprint density at radius 2 is 1.93 bits per heavy atom. The van der Waals surface area contributed by atoms with E-state index in [-0.39, 0.29) is 31.1 Å². The van der Waals surface area contributed by atoms with Gasteiger partial charge in [-0.15, -0.1) is 0 Å². The first kappa shape index (κ1) is 13.6. The van der Waals surface area contributed by atoms with E-state index in [1.165, 1.54) is 6.92 Å². The van der Waals surface area contributed by atoms with Gasteiger partial charge in [0.25, 0.3) is 0 Å². The Balaban J connectivity index is 3.98. The molecule has 0 saturated carbocycles. The summed E-state index contributed by atoms with van der Waals surface area (Å²) in [5, 5.41) is 13.6. The first-order valence-corrected chi connectivity index (χ1v) is 4.63. The van der Waals surface area contributed by atoms with Crippen molar-refractivity contribution < 1.29 is 19.5 Å². The van der Waals surface area contributed by atoms with Gasteiger partial charge in [0.15, 0.2) is 0 Å². The van der Waals surface area contributed by atoms with Crippen LogP contribution in [0.2, 0.25) is 0 Å². The summed E-state index contributed by atoms with van der Waals surface area (Å²) in [5.41, 5.74) is 0. The number of carbonyl (C=O) groups excluding carboxylic acids is 2. The van der Waals surface area contributed by atoms with Crippen LogP contribution in [-0.4, -0.2) is 42.4 Å². The van der Waals surface area contributed by atoms with Crippen LogP contribution in [0.3, 0.4) is 0 Å². The molecule has 15 heavy (non-hydrogen) atoms. The number of amides is 1. The largest absolute Gasteiger partial charge is 0.481 e. The highest BCUT2D eigenvalue weighted by atomic mass is 16.4. The fraction of sp³-hybridized carbons (Fsp3) is 0.667. The molecule has 6 heteroatoms. The summed E-state index contributed by atoms with van der Waals surface area (Å²) < 4.78 is 0. The molecule has 0 saturated heterocycles. The van der Waals surface area contributed by atoms with E-state index in [2.05, 4.69) is 10.6 Å². The fourth-order valence-corrected chi connectivity index (χ4v) is 1.01. The van der Waals surface area contributed by atoms with Crippen LogP contribution >= 0.6 is 0 Å². The normalized spacial score (nSPS) is 11.9. The van der Waals surface area contributed by atoms with Crippen molar-refractivity contribution in [1.29, 1.82) is 0 Å². The summed E-state index contributed by atoms with van der Waals surface area (Å²) in [4.78, 5) is 32.3. The number of aliphatic carboxylic acids is 1. The molecule has 0 fully saturated rings. The van der Waals surface area contributed by atoms with Crippen LogP contribution in [0, 0.1) is 0 Å². The van der Waals surface area contributed by atoms with Crippen molar-refractivity contribution >= 4 is 17.7 Å². The Hall–Kier alpha value is -1.43. The van der Waals surface area contributed by atoms with Crippen molar-refractivity contribution in [2.45, 2.75) is 25.8 Å². The van der Waals surface area contributed by atoms with E-state index in [1.807, 2.05) is 0 Å². The molecule has 0 rings (SSSR count). The lowest BCUT2D eigenvalue weighted by molar-refractivity contribution is -0.137. The van der Waals surface area contributed by atoms with Gasteiger partial charge >= 0.3 is 5.97 Å². The molecule has 3 N–H and O–H groups in total. The zero-order chi connectivity index (χ0) is 11.8.